The SMILES string of the molecule is O=C(O)CC1CCCCN1C(=O)/C=C/c1ccccc1. The average molecular weight is 273 g/mol. The summed E-state index contributed by atoms with van der Waals surface area (Å²) in [5.74, 6) is -0.943. The lowest BCUT2D eigenvalue weighted by Gasteiger charge is -2.34. The van der Waals surface area contributed by atoms with Gasteiger partial charge >= 0.3 is 5.97 Å². The topological polar surface area (TPSA) is 57.6 Å². The number of likely N-dealkylation sites (tertiary alicyclic amines) is 1. The molecule has 1 aliphatic heterocycles. The van der Waals surface area contributed by atoms with Crippen LogP contribution < -0.4 is 0 Å². The summed E-state index contributed by atoms with van der Waals surface area (Å²) in [6, 6.07) is 9.43. The predicted molar refractivity (Wildman–Crippen MR) is 77.1 cm³/mol. The third-order valence-electron chi connectivity index (χ3n) is 3.54. The first-order chi connectivity index (χ1) is 9.66. The first kappa shape index (κ1) is 14.3. The maximum absolute atomic E-state index is 12.2. The van der Waals surface area contributed by atoms with Crippen LogP contribution in [-0.2, 0) is 9.59 Å². The Balaban J connectivity index is 2.02. The van der Waals surface area contributed by atoms with Gasteiger partial charge in [0.1, 0.15) is 0 Å². The van der Waals surface area contributed by atoms with Gasteiger partial charge < -0.3 is 10.0 Å². The molecule has 106 valence electrons. The number of hydrogen-bond acceptors (Lipinski definition) is 2. The summed E-state index contributed by atoms with van der Waals surface area (Å²) in [5.41, 5.74) is 0.965. The van der Waals surface area contributed by atoms with Crippen LogP contribution in [0.3, 0.4) is 0 Å². The van der Waals surface area contributed by atoms with Crippen LogP contribution in [-0.4, -0.2) is 34.5 Å². The second-order valence-corrected chi connectivity index (χ2v) is 5.02. The quantitative estimate of drug-likeness (QED) is 0.858. The molecule has 0 saturated carbocycles. The summed E-state index contributed by atoms with van der Waals surface area (Å²) in [5, 5.41) is 8.92. The number of carboxylic acid groups (broad SMARTS) is 1. The number of carbonyl (C=O) groups is 2. The first-order valence-corrected chi connectivity index (χ1v) is 6.92. The zero-order valence-electron chi connectivity index (χ0n) is 11.4. The lowest BCUT2D eigenvalue weighted by molar-refractivity contribution is -0.140. The van der Waals surface area contributed by atoms with Gasteiger partial charge in [-0.05, 0) is 30.9 Å². The Morgan fingerprint density at radius 3 is 2.70 bits per heavy atom. The average Bonchev–Trinajstić information content (AvgIpc) is 2.46. The molecule has 1 aromatic rings. The zero-order valence-corrected chi connectivity index (χ0v) is 11.4. The van der Waals surface area contributed by atoms with Gasteiger partial charge in [0.2, 0.25) is 5.91 Å². The summed E-state index contributed by atoms with van der Waals surface area (Å²) in [4.78, 5) is 24.8. The number of nitrogens with zero attached hydrogens (tertiary/aromatic N) is 1. The van der Waals surface area contributed by atoms with Crippen molar-refractivity contribution in [1.29, 1.82) is 0 Å². The minimum Gasteiger partial charge on any atom is -0.481 e. The molecule has 4 nitrogen and oxygen atoms in total. The van der Waals surface area contributed by atoms with Crippen LogP contribution in [0.25, 0.3) is 6.08 Å². The van der Waals surface area contributed by atoms with Crippen LogP contribution in [0, 0.1) is 0 Å². The monoisotopic (exact) mass is 273 g/mol. The van der Waals surface area contributed by atoms with Crippen LogP contribution in [0.2, 0.25) is 0 Å². The maximum atomic E-state index is 12.2. The molecule has 1 amide bonds. The number of amides is 1. The Kier molecular flexibility index (Phi) is 4.93. The Morgan fingerprint density at radius 2 is 2.00 bits per heavy atom. The molecule has 1 N–H and O–H groups in total. The van der Waals surface area contributed by atoms with E-state index in [4.69, 9.17) is 5.11 Å². The molecular weight excluding hydrogens is 254 g/mol. The molecule has 20 heavy (non-hydrogen) atoms. The second kappa shape index (κ2) is 6.89. The van der Waals surface area contributed by atoms with Crippen molar-refractivity contribution in [3.05, 3.63) is 42.0 Å². The molecule has 4 heteroatoms. The van der Waals surface area contributed by atoms with E-state index in [-0.39, 0.29) is 18.4 Å². The maximum Gasteiger partial charge on any atom is 0.305 e. The highest BCUT2D eigenvalue weighted by Crippen LogP contribution is 2.20. The smallest absolute Gasteiger partial charge is 0.305 e. The van der Waals surface area contributed by atoms with E-state index < -0.39 is 5.97 Å². The number of rotatable bonds is 4. The third kappa shape index (κ3) is 3.95. The molecule has 1 heterocycles. The van der Waals surface area contributed by atoms with E-state index in [0.717, 1.165) is 24.8 Å². The standard InChI is InChI=1S/C16H19NO3/c18-15(10-9-13-6-2-1-3-7-13)17-11-5-4-8-14(17)12-16(19)20/h1-3,6-7,9-10,14H,4-5,8,11-12H2,(H,19,20)/b10-9+. The first-order valence-electron chi connectivity index (χ1n) is 6.92. The Labute approximate surface area is 118 Å². The van der Waals surface area contributed by atoms with Gasteiger partial charge in [-0.3, -0.25) is 9.59 Å². The normalized spacial score (nSPS) is 19.2. The number of aliphatic carboxylic acids is 1. The number of piperidine rings is 1. The summed E-state index contributed by atoms with van der Waals surface area (Å²) < 4.78 is 0. The van der Waals surface area contributed by atoms with Crippen LogP contribution in [0.5, 0.6) is 0 Å². The molecule has 0 spiro atoms. The highest BCUT2D eigenvalue weighted by atomic mass is 16.4. The van der Waals surface area contributed by atoms with Crippen molar-refractivity contribution < 1.29 is 14.7 Å². The minimum absolute atomic E-state index is 0.0327. The van der Waals surface area contributed by atoms with Gasteiger partial charge in [-0.25, -0.2) is 0 Å². The van der Waals surface area contributed by atoms with Crippen molar-refractivity contribution in [3.63, 3.8) is 0 Å². The predicted octanol–water partition coefficient (Wildman–Crippen LogP) is 2.56. The van der Waals surface area contributed by atoms with E-state index in [1.807, 2.05) is 30.3 Å². The fourth-order valence-electron chi connectivity index (χ4n) is 2.53. The van der Waals surface area contributed by atoms with Crippen LogP contribution in [0.1, 0.15) is 31.2 Å². The van der Waals surface area contributed by atoms with E-state index in [1.165, 1.54) is 6.08 Å². The molecule has 1 unspecified atom stereocenters. The molecule has 1 atom stereocenters. The lowest BCUT2D eigenvalue weighted by Crippen LogP contribution is -2.44. The van der Waals surface area contributed by atoms with E-state index in [0.29, 0.717) is 6.54 Å². The highest BCUT2D eigenvalue weighted by molar-refractivity contribution is 5.92. The van der Waals surface area contributed by atoms with Gasteiger partial charge in [0, 0.05) is 18.7 Å². The number of carbonyl (C=O) groups excluding carboxylic acids is 1. The molecule has 0 aromatic heterocycles. The molecule has 2 rings (SSSR count). The van der Waals surface area contributed by atoms with E-state index >= 15 is 0 Å². The van der Waals surface area contributed by atoms with Crippen molar-refractivity contribution >= 4 is 18.0 Å². The van der Waals surface area contributed by atoms with E-state index in [1.54, 1.807) is 11.0 Å². The zero-order chi connectivity index (χ0) is 14.4. The Hall–Kier alpha value is -2.10. The molecule has 0 radical (unpaired) electrons. The fraction of sp³-hybridized carbons (Fsp3) is 0.375. The Bertz CT molecular complexity index is 496. The van der Waals surface area contributed by atoms with Gasteiger partial charge in [-0.2, -0.15) is 0 Å². The van der Waals surface area contributed by atoms with Gasteiger partial charge in [0.15, 0.2) is 0 Å². The summed E-state index contributed by atoms with van der Waals surface area (Å²) >= 11 is 0. The number of hydrogen-bond donors (Lipinski definition) is 1. The molecule has 1 fully saturated rings. The van der Waals surface area contributed by atoms with Gasteiger partial charge in [0.25, 0.3) is 0 Å². The highest BCUT2D eigenvalue weighted by Gasteiger charge is 2.27. The fourth-order valence-corrected chi connectivity index (χ4v) is 2.53. The van der Waals surface area contributed by atoms with E-state index in [9.17, 15) is 9.59 Å². The Morgan fingerprint density at radius 1 is 1.25 bits per heavy atom. The van der Waals surface area contributed by atoms with Gasteiger partial charge in [-0.1, -0.05) is 30.3 Å². The molecule has 1 saturated heterocycles. The molecule has 1 aliphatic rings. The third-order valence-corrected chi connectivity index (χ3v) is 3.54. The van der Waals surface area contributed by atoms with Crippen LogP contribution in [0.15, 0.2) is 36.4 Å². The van der Waals surface area contributed by atoms with Crippen molar-refractivity contribution in [2.45, 2.75) is 31.7 Å². The number of carboxylic acids is 1. The van der Waals surface area contributed by atoms with Crippen LogP contribution >= 0.6 is 0 Å². The minimum atomic E-state index is -0.846. The molecule has 0 bridgehead atoms. The van der Waals surface area contributed by atoms with Crippen molar-refractivity contribution in [3.8, 4) is 0 Å². The summed E-state index contributed by atoms with van der Waals surface area (Å²) in [6.45, 7) is 0.649. The van der Waals surface area contributed by atoms with Gasteiger partial charge in [0.05, 0.1) is 6.42 Å². The number of benzene rings is 1. The summed E-state index contributed by atoms with van der Waals surface area (Å²) in [7, 11) is 0. The van der Waals surface area contributed by atoms with Crippen molar-refractivity contribution in [2.75, 3.05) is 6.54 Å². The summed E-state index contributed by atoms with van der Waals surface area (Å²) in [6.07, 6.45) is 6.05. The molecule has 1 aromatic carbocycles. The van der Waals surface area contributed by atoms with E-state index in [2.05, 4.69) is 0 Å². The lowest BCUT2D eigenvalue weighted by atomic mass is 9.99. The van der Waals surface area contributed by atoms with Gasteiger partial charge in [-0.15, -0.1) is 0 Å². The molecular formula is C16H19NO3. The van der Waals surface area contributed by atoms with Crippen molar-refractivity contribution in [1.82, 2.24) is 4.90 Å². The van der Waals surface area contributed by atoms with Crippen molar-refractivity contribution in [2.24, 2.45) is 0 Å². The second-order valence-electron chi connectivity index (χ2n) is 5.02. The largest absolute Gasteiger partial charge is 0.481 e. The molecule has 0 aliphatic carbocycles. The van der Waals surface area contributed by atoms with Crippen LogP contribution in [0.4, 0.5) is 0 Å².